The standard InChI is InChI=1S/C11H17N5O/c1-11(2)7-13-5-6-16(11)10-8(9(12)17)14-3-4-15-10/h3-4,13H,5-7H2,1-2H3,(H2,12,17). The highest BCUT2D eigenvalue weighted by Gasteiger charge is 2.33. The van der Waals surface area contributed by atoms with Gasteiger partial charge in [-0.25, -0.2) is 9.97 Å². The second-order valence-electron chi connectivity index (χ2n) is 4.73. The Labute approximate surface area is 100 Å². The number of primary amides is 1. The van der Waals surface area contributed by atoms with E-state index in [1.165, 1.54) is 6.20 Å². The summed E-state index contributed by atoms with van der Waals surface area (Å²) >= 11 is 0. The molecule has 0 aromatic carbocycles. The number of amides is 1. The van der Waals surface area contributed by atoms with Gasteiger partial charge in [0.05, 0.1) is 0 Å². The van der Waals surface area contributed by atoms with Gasteiger partial charge in [0.2, 0.25) is 0 Å². The molecule has 3 N–H and O–H groups in total. The lowest BCUT2D eigenvalue weighted by molar-refractivity contribution is 0.0995. The molecule has 1 aliphatic heterocycles. The summed E-state index contributed by atoms with van der Waals surface area (Å²) in [5.74, 6) is 0.0360. The van der Waals surface area contributed by atoms with Gasteiger partial charge in [0, 0.05) is 37.6 Å². The normalized spacial score (nSPS) is 19.1. The van der Waals surface area contributed by atoms with E-state index in [1.807, 2.05) is 0 Å². The Kier molecular flexibility index (Phi) is 2.97. The van der Waals surface area contributed by atoms with Gasteiger partial charge in [-0.15, -0.1) is 0 Å². The summed E-state index contributed by atoms with van der Waals surface area (Å²) in [5, 5.41) is 3.32. The van der Waals surface area contributed by atoms with E-state index in [-0.39, 0.29) is 11.2 Å². The average molecular weight is 235 g/mol. The maximum atomic E-state index is 11.4. The van der Waals surface area contributed by atoms with E-state index in [4.69, 9.17) is 5.73 Å². The van der Waals surface area contributed by atoms with Crippen LogP contribution in [0.2, 0.25) is 0 Å². The fourth-order valence-electron chi connectivity index (χ4n) is 2.08. The molecule has 6 heteroatoms. The minimum absolute atomic E-state index is 0.113. The minimum Gasteiger partial charge on any atom is -0.364 e. The molecule has 0 spiro atoms. The van der Waals surface area contributed by atoms with E-state index in [0.29, 0.717) is 5.82 Å². The van der Waals surface area contributed by atoms with Gasteiger partial charge in [-0.3, -0.25) is 4.79 Å². The molecular formula is C11H17N5O. The summed E-state index contributed by atoms with van der Waals surface area (Å²) in [7, 11) is 0. The van der Waals surface area contributed by atoms with Crippen LogP contribution in [0.4, 0.5) is 5.82 Å². The first-order chi connectivity index (χ1) is 8.02. The Hall–Kier alpha value is -1.69. The van der Waals surface area contributed by atoms with Crippen LogP contribution in [-0.2, 0) is 0 Å². The largest absolute Gasteiger partial charge is 0.364 e. The third-order valence-corrected chi connectivity index (χ3v) is 2.97. The van der Waals surface area contributed by atoms with Crippen LogP contribution in [0.25, 0.3) is 0 Å². The van der Waals surface area contributed by atoms with Crippen LogP contribution in [0.5, 0.6) is 0 Å². The second-order valence-corrected chi connectivity index (χ2v) is 4.73. The molecule has 1 fully saturated rings. The van der Waals surface area contributed by atoms with Gasteiger partial charge in [0.15, 0.2) is 11.5 Å². The number of rotatable bonds is 2. The third kappa shape index (κ3) is 2.21. The molecule has 92 valence electrons. The SMILES string of the molecule is CC1(C)CNCCN1c1nccnc1C(N)=O. The van der Waals surface area contributed by atoms with Crippen molar-refractivity contribution in [3.8, 4) is 0 Å². The predicted molar refractivity (Wildman–Crippen MR) is 64.8 cm³/mol. The number of piperazine rings is 1. The lowest BCUT2D eigenvalue weighted by Crippen LogP contribution is -2.58. The number of aromatic nitrogens is 2. The van der Waals surface area contributed by atoms with E-state index in [2.05, 4.69) is 34.0 Å². The van der Waals surface area contributed by atoms with Crippen LogP contribution in [0, 0.1) is 0 Å². The first-order valence-corrected chi connectivity index (χ1v) is 5.61. The minimum atomic E-state index is -0.539. The smallest absolute Gasteiger partial charge is 0.271 e. The quantitative estimate of drug-likeness (QED) is 0.739. The third-order valence-electron chi connectivity index (χ3n) is 2.97. The van der Waals surface area contributed by atoms with E-state index < -0.39 is 5.91 Å². The number of anilines is 1. The molecule has 6 nitrogen and oxygen atoms in total. The Morgan fingerprint density at radius 3 is 2.82 bits per heavy atom. The predicted octanol–water partition coefficient (Wildman–Crippen LogP) is -0.236. The van der Waals surface area contributed by atoms with Crippen LogP contribution >= 0.6 is 0 Å². The summed E-state index contributed by atoms with van der Waals surface area (Å²) in [6.07, 6.45) is 3.07. The summed E-state index contributed by atoms with van der Waals surface area (Å²) in [6, 6.07) is 0. The van der Waals surface area contributed by atoms with Crippen molar-refractivity contribution in [1.29, 1.82) is 0 Å². The summed E-state index contributed by atoms with van der Waals surface area (Å²) in [6.45, 7) is 6.67. The van der Waals surface area contributed by atoms with Crippen molar-refractivity contribution >= 4 is 11.7 Å². The van der Waals surface area contributed by atoms with Crippen molar-refractivity contribution in [3.05, 3.63) is 18.1 Å². The Morgan fingerprint density at radius 2 is 2.18 bits per heavy atom. The van der Waals surface area contributed by atoms with E-state index in [9.17, 15) is 4.79 Å². The Bertz CT molecular complexity index is 432. The van der Waals surface area contributed by atoms with Crippen molar-refractivity contribution in [2.24, 2.45) is 5.73 Å². The fraction of sp³-hybridized carbons (Fsp3) is 0.545. The molecule has 2 heterocycles. The molecule has 0 aliphatic carbocycles. The zero-order valence-electron chi connectivity index (χ0n) is 10.1. The molecule has 1 aliphatic rings. The van der Waals surface area contributed by atoms with Crippen molar-refractivity contribution < 1.29 is 4.79 Å². The summed E-state index contributed by atoms with van der Waals surface area (Å²) in [4.78, 5) is 21.7. The van der Waals surface area contributed by atoms with Crippen LogP contribution in [0.1, 0.15) is 24.3 Å². The molecule has 2 rings (SSSR count). The van der Waals surface area contributed by atoms with Crippen LogP contribution < -0.4 is 16.0 Å². The molecule has 0 radical (unpaired) electrons. The van der Waals surface area contributed by atoms with Crippen molar-refractivity contribution in [2.75, 3.05) is 24.5 Å². The average Bonchev–Trinajstić information content (AvgIpc) is 2.28. The van der Waals surface area contributed by atoms with Gasteiger partial charge >= 0.3 is 0 Å². The lowest BCUT2D eigenvalue weighted by Gasteiger charge is -2.43. The molecule has 1 aromatic heterocycles. The Balaban J connectivity index is 2.42. The molecule has 0 unspecified atom stereocenters. The number of nitrogens with one attached hydrogen (secondary N) is 1. The van der Waals surface area contributed by atoms with E-state index >= 15 is 0 Å². The van der Waals surface area contributed by atoms with Gasteiger partial charge in [-0.05, 0) is 13.8 Å². The zero-order chi connectivity index (χ0) is 12.5. The highest BCUT2D eigenvalue weighted by molar-refractivity contribution is 5.95. The molecular weight excluding hydrogens is 218 g/mol. The number of nitrogens with zero attached hydrogens (tertiary/aromatic N) is 3. The fourth-order valence-corrected chi connectivity index (χ4v) is 2.08. The number of hydrogen-bond donors (Lipinski definition) is 2. The summed E-state index contributed by atoms with van der Waals surface area (Å²) in [5.41, 5.74) is 5.45. The van der Waals surface area contributed by atoms with Crippen LogP contribution in [-0.4, -0.2) is 41.0 Å². The molecule has 0 bridgehead atoms. The highest BCUT2D eigenvalue weighted by atomic mass is 16.1. The second kappa shape index (κ2) is 4.29. The van der Waals surface area contributed by atoms with Gasteiger partial charge in [-0.1, -0.05) is 0 Å². The number of nitrogens with two attached hydrogens (primary N) is 1. The van der Waals surface area contributed by atoms with Crippen molar-refractivity contribution in [1.82, 2.24) is 15.3 Å². The number of hydrogen-bond acceptors (Lipinski definition) is 5. The van der Waals surface area contributed by atoms with Gasteiger partial charge < -0.3 is 16.0 Å². The molecule has 17 heavy (non-hydrogen) atoms. The monoisotopic (exact) mass is 235 g/mol. The first-order valence-electron chi connectivity index (χ1n) is 5.61. The highest BCUT2D eigenvalue weighted by Crippen LogP contribution is 2.25. The number of carbonyl (C=O) groups excluding carboxylic acids is 1. The first kappa shape index (κ1) is 11.8. The maximum absolute atomic E-state index is 11.4. The Morgan fingerprint density at radius 1 is 1.47 bits per heavy atom. The number of carbonyl (C=O) groups is 1. The molecule has 1 aromatic rings. The van der Waals surface area contributed by atoms with Gasteiger partial charge in [0.1, 0.15) is 0 Å². The van der Waals surface area contributed by atoms with Gasteiger partial charge in [-0.2, -0.15) is 0 Å². The molecule has 1 saturated heterocycles. The van der Waals surface area contributed by atoms with Crippen molar-refractivity contribution in [3.63, 3.8) is 0 Å². The molecule has 1 amide bonds. The van der Waals surface area contributed by atoms with Gasteiger partial charge in [0.25, 0.3) is 5.91 Å². The topological polar surface area (TPSA) is 84.1 Å². The van der Waals surface area contributed by atoms with E-state index in [1.54, 1.807) is 6.20 Å². The zero-order valence-corrected chi connectivity index (χ0v) is 10.1. The van der Waals surface area contributed by atoms with Crippen molar-refractivity contribution in [2.45, 2.75) is 19.4 Å². The summed E-state index contributed by atoms with van der Waals surface area (Å²) < 4.78 is 0. The molecule has 0 saturated carbocycles. The lowest BCUT2D eigenvalue weighted by atomic mass is 10.00. The van der Waals surface area contributed by atoms with E-state index in [0.717, 1.165) is 19.6 Å². The maximum Gasteiger partial charge on any atom is 0.271 e. The van der Waals surface area contributed by atoms with Crippen LogP contribution in [0.15, 0.2) is 12.4 Å². The molecule has 0 atom stereocenters. The van der Waals surface area contributed by atoms with Crippen LogP contribution in [0.3, 0.4) is 0 Å².